The molecule has 0 amide bonds. The van der Waals surface area contributed by atoms with Crippen molar-refractivity contribution < 1.29 is 0 Å². The maximum atomic E-state index is 6.18. The molecule has 0 radical (unpaired) electrons. The lowest BCUT2D eigenvalue weighted by Gasteiger charge is -2.25. The van der Waals surface area contributed by atoms with E-state index in [0.717, 1.165) is 0 Å². The molecule has 35 heavy (non-hydrogen) atoms. The van der Waals surface area contributed by atoms with Crippen LogP contribution in [0.25, 0.3) is 0 Å². The van der Waals surface area contributed by atoms with Gasteiger partial charge in [0.05, 0.1) is 0 Å². The van der Waals surface area contributed by atoms with E-state index in [-0.39, 0.29) is 29.1 Å². The van der Waals surface area contributed by atoms with Crippen LogP contribution in [0.3, 0.4) is 0 Å². The first-order valence-electron chi connectivity index (χ1n) is 10.3. The van der Waals surface area contributed by atoms with Crippen molar-refractivity contribution in [2.24, 2.45) is 0 Å². The maximum absolute atomic E-state index is 6.18. The van der Waals surface area contributed by atoms with Crippen LogP contribution in [-0.4, -0.2) is 99.2 Å². The summed E-state index contributed by atoms with van der Waals surface area (Å²) in [4.78, 5) is 44.1. The number of aromatic nitrogens is 9. The number of rotatable bonds is 10. The van der Waals surface area contributed by atoms with Crippen molar-refractivity contribution in [1.82, 2.24) is 44.9 Å². The van der Waals surface area contributed by atoms with Crippen LogP contribution in [0.4, 0.5) is 47.6 Å². The Morgan fingerprint density at radius 1 is 0.457 bits per heavy atom. The van der Waals surface area contributed by atoms with E-state index < -0.39 is 0 Å². The second kappa shape index (κ2) is 10.8. The number of anilines is 8. The minimum atomic E-state index is 0.0534. The first-order chi connectivity index (χ1) is 16.5. The van der Waals surface area contributed by atoms with E-state index in [1.54, 1.807) is 9.80 Å². The molecular weight excluding hydrogens is 478 g/mol. The summed E-state index contributed by atoms with van der Waals surface area (Å²) in [5.41, 5.74) is 22.6. The van der Waals surface area contributed by atoms with Gasteiger partial charge in [-0.1, -0.05) is 0 Å². The largest absolute Gasteiger partial charge is 0.368 e. The minimum Gasteiger partial charge on any atom is -0.368 e. The first-order valence-corrected chi connectivity index (χ1v) is 10.7. The Kier molecular flexibility index (Phi) is 7.80. The van der Waals surface area contributed by atoms with E-state index in [9.17, 15) is 0 Å². The summed E-state index contributed by atoms with van der Waals surface area (Å²) >= 11 is 6.18. The molecule has 188 valence electrons. The van der Waals surface area contributed by atoms with Crippen LogP contribution in [0, 0.1) is 0 Å². The van der Waals surface area contributed by atoms with Crippen LogP contribution in [0.15, 0.2) is 0 Å². The summed E-state index contributed by atoms with van der Waals surface area (Å²) in [6.45, 7) is 2.10. The number of nitrogens with two attached hydrogens (primary N) is 4. The van der Waals surface area contributed by atoms with E-state index in [1.807, 2.05) is 38.0 Å². The molecule has 3 heterocycles. The Balaban J connectivity index is 1.62. The zero-order valence-electron chi connectivity index (χ0n) is 19.8. The fraction of sp³-hybridized carbons (Fsp3) is 0.471. The molecule has 0 spiro atoms. The third-order valence-electron chi connectivity index (χ3n) is 4.81. The van der Waals surface area contributed by atoms with E-state index in [4.69, 9.17) is 34.5 Å². The molecule has 0 atom stereocenters. The highest BCUT2D eigenvalue weighted by Gasteiger charge is 2.16. The molecule has 18 heteroatoms. The third-order valence-corrected chi connectivity index (χ3v) is 4.98. The number of hydrogen-bond donors (Lipinski definition) is 4. The summed E-state index contributed by atoms with van der Waals surface area (Å²) in [6, 6.07) is 0. The summed E-state index contributed by atoms with van der Waals surface area (Å²) in [5.74, 6) is 1.75. The first kappa shape index (κ1) is 25.3. The summed E-state index contributed by atoms with van der Waals surface area (Å²) < 4.78 is 0. The predicted octanol–water partition coefficient (Wildman–Crippen LogP) is -1.63. The zero-order chi connectivity index (χ0) is 25.7. The Morgan fingerprint density at radius 2 is 0.714 bits per heavy atom. The maximum Gasteiger partial charge on any atom is 0.231 e. The quantitative estimate of drug-likeness (QED) is 0.242. The van der Waals surface area contributed by atoms with E-state index >= 15 is 0 Å². The molecule has 0 aliphatic heterocycles. The molecule has 3 aromatic rings. The van der Waals surface area contributed by atoms with Gasteiger partial charge in [0.25, 0.3) is 0 Å². The Hall–Kier alpha value is -4.28. The fourth-order valence-corrected chi connectivity index (χ4v) is 2.96. The molecular formula is C17H28ClN17. The van der Waals surface area contributed by atoms with Gasteiger partial charge >= 0.3 is 0 Å². The number of nitrogens with zero attached hydrogens (tertiary/aromatic N) is 13. The predicted molar refractivity (Wildman–Crippen MR) is 135 cm³/mol. The van der Waals surface area contributed by atoms with Crippen molar-refractivity contribution in [3.05, 3.63) is 5.28 Å². The molecule has 0 saturated carbocycles. The molecule has 0 aliphatic carbocycles. The van der Waals surface area contributed by atoms with Gasteiger partial charge in [0.15, 0.2) is 0 Å². The highest BCUT2D eigenvalue weighted by Crippen LogP contribution is 2.16. The summed E-state index contributed by atoms with van der Waals surface area (Å²) in [7, 11) is 7.29. The summed E-state index contributed by atoms with van der Waals surface area (Å²) in [5, 5.41) is 0.0708. The lowest BCUT2D eigenvalue weighted by Crippen LogP contribution is -2.34. The third kappa shape index (κ3) is 6.85. The van der Waals surface area contributed by atoms with Gasteiger partial charge < -0.3 is 42.5 Å². The Morgan fingerprint density at radius 3 is 1.00 bits per heavy atom. The van der Waals surface area contributed by atoms with Gasteiger partial charge in [0.1, 0.15) is 0 Å². The van der Waals surface area contributed by atoms with E-state index in [2.05, 4.69) is 44.9 Å². The molecule has 0 unspecified atom stereocenters. The van der Waals surface area contributed by atoms with Crippen LogP contribution >= 0.6 is 11.6 Å². The van der Waals surface area contributed by atoms with Gasteiger partial charge in [-0.25, -0.2) is 0 Å². The number of nitrogen functional groups attached to an aromatic ring is 4. The average molecular weight is 506 g/mol. The van der Waals surface area contributed by atoms with E-state index in [1.165, 1.54) is 0 Å². The van der Waals surface area contributed by atoms with Gasteiger partial charge in [-0.2, -0.15) is 44.9 Å². The standard InChI is InChI=1S/C17H28ClN17/c1-32(5-7-34(3)16-27-10(19)25-11(20)28-16)14-23-9(18)24-15(31-14)33(2)6-8-35(4)17-29-12(21)26-13(22)30-17/h5-8H2,1-4H3,(H4,19,20,25,27,28)(H4,21,22,26,29,30). The van der Waals surface area contributed by atoms with Crippen molar-refractivity contribution in [3.8, 4) is 0 Å². The number of likely N-dealkylation sites (N-methyl/N-ethyl adjacent to an activating group) is 4. The topological polar surface area (TPSA) is 233 Å². The van der Waals surface area contributed by atoms with Gasteiger partial charge in [-0.15, -0.1) is 0 Å². The highest BCUT2D eigenvalue weighted by molar-refractivity contribution is 6.28. The molecule has 17 nitrogen and oxygen atoms in total. The monoisotopic (exact) mass is 505 g/mol. The second-order valence-corrected chi connectivity index (χ2v) is 7.93. The van der Waals surface area contributed by atoms with E-state index in [0.29, 0.717) is 50.0 Å². The van der Waals surface area contributed by atoms with Crippen molar-refractivity contribution in [2.45, 2.75) is 0 Å². The van der Waals surface area contributed by atoms with Crippen LogP contribution in [0.1, 0.15) is 0 Å². The van der Waals surface area contributed by atoms with Crippen molar-refractivity contribution in [3.63, 3.8) is 0 Å². The van der Waals surface area contributed by atoms with Crippen LogP contribution in [-0.2, 0) is 0 Å². The van der Waals surface area contributed by atoms with Gasteiger partial charge in [-0.3, -0.25) is 0 Å². The normalized spacial score (nSPS) is 10.8. The smallest absolute Gasteiger partial charge is 0.231 e. The van der Waals surface area contributed by atoms with Gasteiger partial charge in [-0.05, 0) is 11.6 Å². The van der Waals surface area contributed by atoms with Gasteiger partial charge in [0.2, 0.25) is 52.9 Å². The minimum absolute atomic E-state index is 0.0534. The number of halogens is 1. The molecule has 3 aromatic heterocycles. The van der Waals surface area contributed by atoms with Crippen LogP contribution < -0.4 is 42.5 Å². The molecule has 0 aromatic carbocycles. The lowest BCUT2D eigenvalue weighted by molar-refractivity contribution is 0.763. The molecule has 0 fully saturated rings. The fourth-order valence-electron chi connectivity index (χ4n) is 2.81. The Bertz CT molecular complexity index is 1030. The Labute approximate surface area is 206 Å². The average Bonchev–Trinajstić information content (AvgIpc) is 2.78. The van der Waals surface area contributed by atoms with Crippen molar-refractivity contribution in [1.29, 1.82) is 0 Å². The lowest BCUT2D eigenvalue weighted by atomic mass is 10.5. The SMILES string of the molecule is CN(CCN(C)c1nc(Cl)nc(N(C)CCN(C)c2nc(N)nc(N)n2)n1)c1nc(N)nc(N)n1. The molecule has 8 N–H and O–H groups in total. The van der Waals surface area contributed by atoms with Crippen molar-refractivity contribution in [2.75, 3.05) is 96.9 Å². The van der Waals surface area contributed by atoms with Crippen LogP contribution in [0.5, 0.6) is 0 Å². The number of hydrogen-bond acceptors (Lipinski definition) is 17. The molecule has 0 aliphatic rings. The van der Waals surface area contributed by atoms with Crippen LogP contribution in [0.2, 0.25) is 5.28 Å². The van der Waals surface area contributed by atoms with Gasteiger partial charge in [0, 0.05) is 54.4 Å². The molecule has 0 bridgehead atoms. The molecule has 0 saturated heterocycles. The highest BCUT2D eigenvalue weighted by atomic mass is 35.5. The second-order valence-electron chi connectivity index (χ2n) is 7.59. The summed E-state index contributed by atoms with van der Waals surface area (Å²) in [6.07, 6.45) is 0. The zero-order valence-corrected chi connectivity index (χ0v) is 20.6. The molecule has 3 rings (SSSR count). The van der Waals surface area contributed by atoms with Crippen molar-refractivity contribution >= 4 is 59.2 Å².